The van der Waals surface area contributed by atoms with Gasteiger partial charge in [-0.1, -0.05) is 62.1 Å². The Kier molecular flexibility index (Phi) is 18.4. The number of carbonyl (C=O) groups excluding carboxylic acids is 3. The molecular formula is C67H71FN6O10. The number of ether oxygens (including phenoxy) is 5. The van der Waals surface area contributed by atoms with Crippen molar-refractivity contribution in [3.63, 3.8) is 0 Å². The number of unbranched alkanes of at least 4 members (excludes halogenated alkanes) is 5. The summed E-state index contributed by atoms with van der Waals surface area (Å²) in [6.45, 7) is 2.33. The average molecular weight is 1140 g/mol. The Balaban J connectivity index is 0.582. The summed E-state index contributed by atoms with van der Waals surface area (Å²) in [6, 6.07) is 40.2. The number of halogens is 1. The van der Waals surface area contributed by atoms with Crippen LogP contribution in [0.1, 0.15) is 105 Å². The monoisotopic (exact) mass is 1140 g/mol. The number of anilines is 2. The third-order valence-electron chi connectivity index (χ3n) is 15.3. The van der Waals surface area contributed by atoms with Gasteiger partial charge in [0.1, 0.15) is 17.2 Å². The lowest BCUT2D eigenvalue weighted by atomic mass is 9.77. The molecule has 0 fully saturated rings. The van der Waals surface area contributed by atoms with Gasteiger partial charge in [-0.3, -0.25) is 19.0 Å². The number of carbonyl (C=O) groups is 3. The van der Waals surface area contributed by atoms with Crippen LogP contribution in [0.3, 0.4) is 0 Å². The van der Waals surface area contributed by atoms with Crippen molar-refractivity contribution in [1.82, 2.24) is 20.2 Å². The number of aromatic nitrogens is 2. The summed E-state index contributed by atoms with van der Waals surface area (Å²) in [4.78, 5) is 60.7. The highest BCUT2D eigenvalue weighted by molar-refractivity contribution is 6.00. The van der Waals surface area contributed by atoms with Crippen LogP contribution in [0.2, 0.25) is 0 Å². The van der Waals surface area contributed by atoms with Gasteiger partial charge in [-0.05, 0) is 114 Å². The zero-order valence-electron chi connectivity index (χ0n) is 47.9. The van der Waals surface area contributed by atoms with Gasteiger partial charge in [-0.2, -0.15) is 0 Å². The van der Waals surface area contributed by atoms with E-state index in [0.29, 0.717) is 83.2 Å². The molecule has 10 rings (SSSR count). The number of amides is 2. The molecule has 0 atom stereocenters. The lowest BCUT2D eigenvalue weighted by Gasteiger charge is -2.37. The number of nitrogens with zero attached hydrogens (tertiary/aromatic N) is 3. The lowest BCUT2D eigenvalue weighted by molar-refractivity contribution is -0.122. The van der Waals surface area contributed by atoms with Gasteiger partial charge >= 0.3 is 5.97 Å². The molecule has 2 amide bonds. The topological polar surface area (TPSA) is 186 Å². The number of esters is 1. The molecule has 4 aliphatic heterocycles. The first-order valence-electron chi connectivity index (χ1n) is 28.7. The second-order valence-electron chi connectivity index (χ2n) is 21.7. The maximum Gasteiger partial charge on any atom is 0.340 e. The number of aromatic amines is 1. The summed E-state index contributed by atoms with van der Waals surface area (Å²) in [7, 11) is 7.78. The molecule has 1 spiro atoms. The predicted molar refractivity (Wildman–Crippen MR) is 321 cm³/mol. The van der Waals surface area contributed by atoms with Gasteiger partial charge in [0.05, 0.1) is 50.0 Å². The van der Waals surface area contributed by atoms with Crippen LogP contribution in [0.5, 0.6) is 23.0 Å². The molecule has 0 aliphatic carbocycles. The standard InChI is InChI=1S/C67H71FN6O10/c1-72(2)49-20-25-53-61(41-49)83-62-42-50(73(3)4)21-26-54(62)67(53)55-39-47(19-24-52(55)66(79)84-67)64(77)70-30-33-81-35-34-80-32-28-63(76)69-29-12-7-5-6-8-13-31-82-60-27-16-45(37-56(60)68)36-48-40-59-57(38-44-14-10-9-11-15-44)71-58(43-74(59)65(48)78)46-17-22-51(75)23-18-46/h9-11,14-27,37,39-43,71,75H,5-8,12-13,28-36,38H2,1-4H3,(H,69,76)(H,70,77). The first-order chi connectivity index (χ1) is 40.7. The van der Waals surface area contributed by atoms with Crippen molar-refractivity contribution < 1.29 is 47.6 Å². The van der Waals surface area contributed by atoms with E-state index in [1.54, 1.807) is 65.4 Å². The SMILES string of the molecule is CN(C)c1ccc2c(c1)Oc1cc(N(C)C)ccc1C21OC(=O)c2ccc(C(=O)NCCOCCOCCC(=O)NCCCCCCCCOc3ccc(Cc4cc5c(Cc6ccccc6)[nH]c(-c6ccc(O)cc6)cn-5c4=O)cc3F)cc21. The van der Waals surface area contributed by atoms with Crippen LogP contribution in [0.15, 0.2) is 144 Å². The first kappa shape index (κ1) is 58.3. The molecule has 4 heterocycles. The Hall–Kier alpha value is -8.93. The van der Waals surface area contributed by atoms with Crippen LogP contribution in [0.4, 0.5) is 15.8 Å². The minimum absolute atomic E-state index is 0.0755. The molecule has 436 valence electrons. The second kappa shape index (κ2) is 26.5. The molecule has 6 aromatic carbocycles. The first-order valence-corrected chi connectivity index (χ1v) is 28.7. The molecule has 84 heavy (non-hydrogen) atoms. The second-order valence-corrected chi connectivity index (χ2v) is 21.7. The van der Waals surface area contributed by atoms with Gasteiger partial charge in [0.25, 0.3) is 11.5 Å². The Morgan fingerprint density at radius 1 is 0.667 bits per heavy atom. The van der Waals surface area contributed by atoms with Crippen LogP contribution in [0.25, 0.3) is 16.9 Å². The Labute approximate surface area is 488 Å². The number of benzene rings is 6. The third-order valence-corrected chi connectivity index (χ3v) is 15.3. The molecule has 17 heteroatoms. The predicted octanol–water partition coefficient (Wildman–Crippen LogP) is 10.7. The molecule has 0 bridgehead atoms. The number of phenolic OH excluding ortho intramolecular Hbond substituents is 1. The number of hydrogen-bond acceptors (Lipinski definition) is 12. The van der Waals surface area contributed by atoms with Crippen molar-refractivity contribution in [2.45, 2.75) is 63.4 Å². The third kappa shape index (κ3) is 13.3. The Morgan fingerprint density at radius 3 is 2.06 bits per heavy atom. The van der Waals surface area contributed by atoms with E-state index in [9.17, 15) is 24.3 Å². The number of rotatable bonds is 27. The molecule has 4 aliphatic rings. The molecule has 0 radical (unpaired) electrons. The normalized spacial score (nSPS) is 12.8. The van der Waals surface area contributed by atoms with Crippen molar-refractivity contribution in [1.29, 1.82) is 0 Å². The fourth-order valence-corrected chi connectivity index (χ4v) is 10.8. The Morgan fingerprint density at radius 2 is 1.36 bits per heavy atom. The molecule has 0 aromatic heterocycles. The van der Waals surface area contributed by atoms with Crippen LogP contribution < -0.4 is 35.5 Å². The van der Waals surface area contributed by atoms with Crippen LogP contribution in [-0.2, 0) is 37.4 Å². The number of nitrogens with one attached hydrogen (secondary N) is 3. The summed E-state index contributed by atoms with van der Waals surface area (Å²) < 4.78 is 46.9. The maximum atomic E-state index is 15.3. The number of phenols is 1. The molecular weight excluding hydrogens is 1070 g/mol. The van der Waals surface area contributed by atoms with Crippen molar-refractivity contribution in [2.75, 3.05) is 84.1 Å². The zero-order chi connectivity index (χ0) is 58.7. The highest BCUT2D eigenvalue weighted by atomic mass is 19.1. The van der Waals surface area contributed by atoms with Gasteiger partial charge in [0, 0.05) is 124 Å². The van der Waals surface area contributed by atoms with E-state index in [1.807, 2.05) is 111 Å². The molecule has 6 aromatic rings. The zero-order valence-corrected chi connectivity index (χ0v) is 47.9. The van der Waals surface area contributed by atoms with Crippen LogP contribution >= 0.6 is 0 Å². The van der Waals surface area contributed by atoms with Gasteiger partial charge in [0.15, 0.2) is 17.2 Å². The fraction of sp³-hybridized carbons (Fsp3) is 0.313. The van der Waals surface area contributed by atoms with E-state index in [4.69, 9.17) is 23.7 Å². The van der Waals surface area contributed by atoms with E-state index in [0.717, 1.165) is 78.1 Å². The lowest BCUT2D eigenvalue weighted by Crippen LogP contribution is -2.34. The van der Waals surface area contributed by atoms with E-state index in [1.165, 1.54) is 6.07 Å². The summed E-state index contributed by atoms with van der Waals surface area (Å²) in [5.74, 6) is 0.0969. The highest BCUT2D eigenvalue weighted by Crippen LogP contribution is 2.57. The van der Waals surface area contributed by atoms with Crippen molar-refractivity contribution >= 4 is 29.2 Å². The molecule has 0 saturated carbocycles. The molecule has 4 N–H and O–H groups in total. The number of aromatic hydroxyl groups is 1. The summed E-state index contributed by atoms with van der Waals surface area (Å²) in [5, 5.41) is 15.7. The van der Waals surface area contributed by atoms with E-state index < -0.39 is 17.4 Å². The number of hydrogen-bond donors (Lipinski definition) is 4. The fourth-order valence-electron chi connectivity index (χ4n) is 10.8. The highest BCUT2D eigenvalue weighted by Gasteiger charge is 2.54. The van der Waals surface area contributed by atoms with Gasteiger partial charge in [-0.25, -0.2) is 9.18 Å². The summed E-state index contributed by atoms with van der Waals surface area (Å²) in [6.07, 6.45) is 8.40. The largest absolute Gasteiger partial charge is 0.508 e. The average Bonchev–Trinajstić information content (AvgIpc) is 1.59. The van der Waals surface area contributed by atoms with Crippen LogP contribution in [0, 0.1) is 5.82 Å². The minimum Gasteiger partial charge on any atom is -0.508 e. The van der Waals surface area contributed by atoms with Gasteiger partial charge in [0.2, 0.25) is 5.91 Å². The molecule has 0 unspecified atom stereocenters. The smallest absolute Gasteiger partial charge is 0.340 e. The molecule has 0 saturated heterocycles. The minimum atomic E-state index is -1.33. The number of H-pyrrole nitrogens is 1. The van der Waals surface area contributed by atoms with Crippen molar-refractivity contribution in [3.8, 4) is 39.9 Å². The number of fused-ring (bicyclic) bond motifs is 7. The van der Waals surface area contributed by atoms with E-state index in [2.05, 4.69) is 15.6 Å². The quantitative estimate of drug-likeness (QED) is 0.0283. The summed E-state index contributed by atoms with van der Waals surface area (Å²) in [5.41, 5.74) is 8.45. The van der Waals surface area contributed by atoms with Crippen LogP contribution in [-0.4, -0.2) is 107 Å². The van der Waals surface area contributed by atoms with E-state index in [-0.39, 0.29) is 61.5 Å². The van der Waals surface area contributed by atoms with Crippen molar-refractivity contribution in [2.24, 2.45) is 0 Å². The van der Waals surface area contributed by atoms with E-state index >= 15 is 4.39 Å². The molecule has 16 nitrogen and oxygen atoms in total. The summed E-state index contributed by atoms with van der Waals surface area (Å²) >= 11 is 0. The van der Waals surface area contributed by atoms with Crippen molar-refractivity contribution in [3.05, 3.63) is 206 Å². The van der Waals surface area contributed by atoms with Gasteiger partial charge in [-0.15, -0.1) is 0 Å². The Bertz CT molecular complexity index is 3600. The van der Waals surface area contributed by atoms with Gasteiger partial charge < -0.3 is 54.2 Å². The maximum absolute atomic E-state index is 15.3.